The van der Waals surface area contributed by atoms with Crippen molar-refractivity contribution >= 4 is 41.2 Å². The number of carbonyl (C=O) groups is 2. The van der Waals surface area contributed by atoms with Crippen LogP contribution in [0.1, 0.15) is 27.3 Å². The lowest BCUT2D eigenvalue weighted by atomic mass is 9.72. The van der Waals surface area contributed by atoms with E-state index in [1.807, 2.05) is 18.2 Å². The van der Waals surface area contributed by atoms with Crippen LogP contribution in [0.2, 0.25) is 0 Å². The molecule has 1 aliphatic heterocycles. The average molecular weight is 481 g/mol. The van der Waals surface area contributed by atoms with Crippen LogP contribution in [0, 0.1) is 0 Å². The fourth-order valence-corrected chi connectivity index (χ4v) is 4.20. The first kappa shape index (κ1) is 23.2. The van der Waals surface area contributed by atoms with E-state index in [0.717, 1.165) is 5.69 Å². The van der Waals surface area contributed by atoms with Crippen molar-refractivity contribution < 1.29 is 29.6 Å². The fourth-order valence-electron chi connectivity index (χ4n) is 3.47. The Kier molecular flexibility index (Phi) is 7.04. The van der Waals surface area contributed by atoms with Gasteiger partial charge in [0, 0.05) is 30.2 Å². The molecule has 5 N–H and O–H groups in total. The maximum absolute atomic E-state index is 12.8. The number of amides is 1. The molecule has 11 nitrogen and oxygen atoms in total. The van der Waals surface area contributed by atoms with Crippen LogP contribution in [0.3, 0.4) is 0 Å². The monoisotopic (exact) mass is 481 g/mol. The van der Waals surface area contributed by atoms with Crippen molar-refractivity contribution in [1.29, 1.82) is 0 Å². The maximum atomic E-state index is 12.8. The number of carbonyl (C=O) groups excluding carboxylic acids is 1. The van der Waals surface area contributed by atoms with E-state index in [9.17, 15) is 24.9 Å². The second kappa shape index (κ2) is 10.3. The van der Waals surface area contributed by atoms with Crippen molar-refractivity contribution in [2.24, 2.45) is 5.16 Å². The molecule has 0 unspecified atom stereocenters. The summed E-state index contributed by atoms with van der Waals surface area (Å²) in [5, 5.41) is 40.0. The highest BCUT2D eigenvalue weighted by molar-refractivity contribution is 7.14. The molecule has 0 saturated heterocycles. The SMILES string of the molecule is O=C(N[C@H]1Cc2cccc(C(=O)O)c2OB1O)/C(=N\O)c1csc(NCCc2ccccn2)n1. The number of carboxylic acids is 1. The molecule has 0 aliphatic carbocycles. The van der Waals surface area contributed by atoms with E-state index < -0.39 is 24.9 Å². The Morgan fingerprint density at radius 1 is 1.26 bits per heavy atom. The molecule has 0 fully saturated rings. The maximum Gasteiger partial charge on any atom is 0.547 e. The highest BCUT2D eigenvalue weighted by Gasteiger charge is 2.38. The zero-order valence-electron chi connectivity index (χ0n) is 17.7. The second-order valence-corrected chi connectivity index (χ2v) is 8.23. The summed E-state index contributed by atoms with van der Waals surface area (Å²) in [7, 11) is -1.49. The molecule has 13 heteroatoms. The largest absolute Gasteiger partial charge is 0.547 e. The first-order valence-corrected chi connectivity index (χ1v) is 11.2. The highest BCUT2D eigenvalue weighted by atomic mass is 32.1. The molecule has 1 amide bonds. The van der Waals surface area contributed by atoms with Gasteiger partial charge in [0.15, 0.2) is 10.8 Å². The van der Waals surface area contributed by atoms with Crippen LogP contribution in [-0.4, -0.2) is 62.5 Å². The minimum Gasteiger partial charge on any atom is -0.534 e. The Morgan fingerprint density at radius 2 is 2.12 bits per heavy atom. The Morgan fingerprint density at radius 3 is 2.85 bits per heavy atom. The van der Waals surface area contributed by atoms with Crippen LogP contribution in [0.25, 0.3) is 0 Å². The van der Waals surface area contributed by atoms with Gasteiger partial charge in [-0.3, -0.25) is 9.78 Å². The molecule has 34 heavy (non-hydrogen) atoms. The van der Waals surface area contributed by atoms with E-state index in [4.69, 9.17) is 4.65 Å². The summed E-state index contributed by atoms with van der Waals surface area (Å²) in [6, 6.07) is 10.2. The average Bonchev–Trinajstić information content (AvgIpc) is 3.28. The molecule has 3 aromatic rings. The van der Waals surface area contributed by atoms with E-state index in [-0.39, 0.29) is 29.1 Å². The number of para-hydroxylation sites is 1. The molecular formula is C21H20BN5O6S. The number of carboxylic acid groups (broad SMARTS) is 1. The topological polar surface area (TPSA) is 166 Å². The van der Waals surface area contributed by atoms with Crippen LogP contribution >= 0.6 is 11.3 Å². The van der Waals surface area contributed by atoms with Crippen molar-refractivity contribution in [1.82, 2.24) is 15.3 Å². The van der Waals surface area contributed by atoms with Gasteiger partial charge in [-0.2, -0.15) is 0 Å². The number of nitrogens with zero attached hydrogens (tertiary/aromatic N) is 3. The number of pyridine rings is 1. The van der Waals surface area contributed by atoms with Gasteiger partial charge in [-0.1, -0.05) is 23.4 Å². The summed E-state index contributed by atoms with van der Waals surface area (Å²) in [5.41, 5.74) is 1.20. The van der Waals surface area contributed by atoms with Gasteiger partial charge in [0.1, 0.15) is 11.4 Å². The van der Waals surface area contributed by atoms with E-state index in [1.54, 1.807) is 23.7 Å². The Bertz CT molecular complexity index is 1220. The number of aromatic nitrogens is 2. The molecule has 174 valence electrons. The third-order valence-corrected chi connectivity index (χ3v) is 5.91. The Hall–Kier alpha value is -3.97. The molecular weight excluding hydrogens is 461 g/mol. The van der Waals surface area contributed by atoms with E-state index in [0.29, 0.717) is 23.7 Å². The van der Waals surface area contributed by atoms with Gasteiger partial charge in [0.05, 0.1) is 11.5 Å². The Balaban J connectivity index is 1.39. The van der Waals surface area contributed by atoms with Gasteiger partial charge in [-0.05, 0) is 30.2 Å². The lowest BCUT2D eigenvalue weighted by Crippen LogP contribution is -2.54. The smallest absolute Gasteiger partial charge is 0.534 e. The number of rotatable bonds is 8. The van der Waals surface area contributed by atoms with Crippen LogP contribution in [0.4, 0.5) is 5.13 Å². The van der Waals surface area contributed by atoms with Crippen LogP contribution in [0.15, 0.2) is 53.1 Å². The minimum atomic E-state index is -1.49. The predicted molar refractivity (Wildman–Crippen MR) is 125 cm³/mol. The number of aromatic carboxylic acids is 1. The van der Waals surface area contributed by atoms with Crippen LogP contribution in [-0.2, 0) is 17.6 Å². The molecule has 0 radical (unpaired) electrons. The summed E-state index contributed by atoms with van der Waals surface area (Å²) in [5.74, 6) is -2.78. The standard InChI is InChI=1S/C21H20BN5O6S/c28-19(26-16-10-12-4-3-6-14(20(29)30)18(12)33-22(16)31)17(27-32)15-11-34-21(25-15)24-9-7-13-5-1-2-8-23-13/h1-6,8,11,16,31-32H,7,9-10H2,(H,24,25)(H,26,28)(H,29,30)/b27-17-/t16-/m0/s1. The Labute approximate surface area is 198 Å². The molecule has 2 aromatic heterocycles. The van der Waals surface area contributed by atoms with Crippen molar-refractivity contribution in [3.05, 3.63) is 70.5 Å². The summed E-state index contributed by atoms with van der Waals surface area (Å²) in [6.45, 7) is 0.575. The number of nitrogens with one attached hydrogen (secondary N) is 2. The number of anilines is 1. The van der Waals surface area contributed by atoms with Gasteiger partial charge in [0.25, 0.3) is 5.91 Å². The number of benzene rings is 1. The van der Waals surface area contributed by atoms with E-state index >= 15 is 0 Å². The van der Waals surface area contributed by atoms with Crippen molar-refractivity contribution in [3.63, 3.8) is 0 Å². The van der Waals surface area contributed by atoms with Crippen molar-refractivity contribution in [3.8, 4) is 5.75 Å². The number of thiazole rings is 1. The second-order valence-electron chi connectivity index (χ2n) is 7.38. The van der Waals surface area contributed by atoms with E-state index in [2.05, 4.69) is 25.8 Å². The molecule has 1 aromatic carbocycles. The third kappa shape index (κ3) is 5.16. The molecule has 1 aliphatic rings. The normalized spacial score (nSPS) is 15.3. The van der Waals surface area contributed by atoms with Crippen LogP contribution < -0.4 is 15.3 Å². The quantitative estimate of drug-likeness (QED) is 0.138. The zero-order chi connectivity index (χ0) is 24.1. The minimum absolute atomic E-state index is 0.0602. The molecule has 0 spiro atoms. The third-order valence-electron chi connectivity index (χ3n) is 5.11. The first-order chi connectivity index (χ1) is 16.5. The number of hydrogen-bond acceptors (Lipinski definition) is 10. The zero-order valence-corrected chi connectivity index (χ0v) is 18.5. The highest BCUT2D eigenvalue weighted by Crippen LogP contribution is 2.30. The van der Waals surface area contributed by atoms with Gasteiger partial charge in [-0.25, -0.2) is 9.78 Å². The lowest BCUT2D eigenvalue weighted by Gasteiger charge is -2.28. The molecule has 1 atom stereocenters. The summed E-state index contributed by atoms with van der Waals surface area (Å²) in [6.07, 6.45) is 2.53. The van der Waals surface area contributed by atoms with Crippen LogP contribution in [0.5, 0.6) is 5.75 Å². The number of fused-ring (bicyclic) bond motifs is 1. The summed E-state index contributed by atoms with van der Waals surface area (Å²) < 4.78 is 5.37. The van der Waals surface area contributed by atoms with E-state index in [1.165, 1.54) is 17.4 Å². The molecule has 4 rings (SSSR count). The van der Waals surface area contributed by atoms with Crippen molar-refractivity contribution in [2.45, 2.75) is 18.8 Å². The summed E-state index contributed by atoms with van der Waals surface area (Å²) in [4.78, 5) is 32.7. The lowest BCUT2D eigenvalue weighted by molar-refractivity contribution is -0.115. The van der Waals surface area contributed by atoms with Gasteiger partial charge in [0.2, 0.25) is 0 Å². The molecule has 3 heterocycles. The summed E-state index contributed by atoms with van der Waals surface area (Å²) >= 11 is 1.24. The first-order valence-electron chi connectivity index (χ1n) is 10.3. The number of oxime groups is 1. The molecule has 0 saturated carbocycles. The predicted octanol–water partition coefficient (Wildman–Crippen LogP) is 1.21. The van der Waals surface area contributed by atoms with Gasteiger partial charge < -0.3 is 30.6 Å². The number of hydrogen-bond donors (Lipinski definition) is 5. The van der Waals surface area contributed by atoms with Gasteiger partial charge >= 0.3 is 13.1 Å². The van der Waals surface area contributed by atoms with Crippen molar-refractivity contribution in [2.75, 3.05) is 11.9 Å². The molecule has 0 bridgehead atoms. The fraction of sp³-hybridized carbons (Fsp3) is 0.190. The van der Waals surface area contributed by atoms with Gasteiger partial charge in [-0.15, -0.1) is 11.3 Å².